The first kappa shape index (κ1) is 17.7. The average Bonchev–Trinajstić information content (AvgIpc) is 2.95. The van der Waals surface area contributed by atoms with Crippen LogP contribution in [-0.4, -0.2) is 15.5 Å². The van der Waals surface area contributed by atoms with Gasteiger partial charge in [0.1, 0.15) is 5.82 Å². The first-order valence-corrected chi connectivity index (χ1v) is 9.96. The molecule has 5 nitrogen and oxygen atoms in total. The van der Waals surface area contributed by atoms with Crippen LogP contribution < -0.4 is 10.9 Å². The fraction of sp³-hybridized carbons (Fsp3) is 0.286. The number of nitrogens with zero attached hydrogens (tertiary/aromatic N) is 2. The lowest BCUT2D eigenvalue weighted by atomic mass is 10.1. The van der Waals surface area contributed by atoms with Crippen molar-refractivity contribution in [1.82, 2.24) is 9.55 Å². The zero-order chi connectivity index (χ0) is 19.0. The molecule has 4 rings (SSSR count). The van der Waals surface area contributed by atoms with Gasteiger partial charge in [-0.2, -0.15) is 0 Å². The van der Waals surface area contributed by atoms with Crippen LogP contribution in [0.2, 0.25) is 0 Å². The molecule has 1 aliphatic heterocycles. The quantitative estimate of drug-likeness (QED) is 0.707. The topological polar surface area (TPSA) is 64.0 Å². The minimum atomic E-state index is -0.193. The van der Waals surface area contributed by atoms with Gasteiger partial charge < -0.3 is 5.32 Å². The monoisotopic (exact) mass is 379 g/mol. The van der Waals surface area contributed by atoms with E-state index in [1.807, 2.05) is 32.1 Å². The molecule has 0 atom stereocenters. The Kier molecular flexibility index (Phi) is 4.66. The zero-order valence-electron chi connectivity index (χ0n) is 15.4. The van der Waals surface area contributed by atoms with Gasteiger partial charge in [0.2, 0.25) is 0 Å². The summed E-state index contributed by atoms with van der Waals surface area (Å²) in [5.41, 5.74) is 2.14. The van der Waals surface area contributed by atoms with Crippen LogP contribution in [0.3, 0.4) is 0 Å². The highest BCUT2D eigenvalue weighted by molar-refractivity contribution is 7.16. The van der Waals surface area contributed by atoms with Crippen molar-refractivity contribution in [1.29, 1.82) is 0 Å². The number of benzene rings is 1. The zero-order valence-corrected chi connectivity index (χ0v) is 16.2. The molecule has 3 aromatic rings. The van der Waals surface area contributed by atoms with Crippen molar-refractivity contribution >= 4 is 38.7 Å². The smallest absolute Gasteiger partial charge is 0.261 e. The van der Waals surface area contributed by atoms with E-state index in [1.54, 1.807) is 22.8 Å². The van der Waals surface area contributed by atoms with E-state index in [4.69, 9.17) is 4.98 Å². The maximum atomic E-state index is 13.0. The Balaban J connectivity index is 1.78. The van der Waals surface area contributed by atoms with Crippen LogP contribution in [0.1, 0.15) is 47.2 Å². The minimum absolute atomic E-state index is 0.0305. The number of aryl methyl sites for hydroxylation is 1. The highest BCUT2D eigenvalue weighted by atomic mass is 32.1. The second-order valence-electron chi connectivity index (χ2n) is 6.76. The molecule has 138 valence electrons. The van der Waals surface area contributed by atoms with Gasteiger partial charge in [-0.3, -0.25) is 14.2 Å². The largest absolute Gasteiger partial charge is 0.314 e. The number of nitrogens with one attached hydrogen (secondary N) is 1. The number of hydrogen-bond donors (Lipinski definition) is 1. The van der Waals surface area contributed by atoms with E-state index in [2.05, 4.69) is 5.32 Å². The van der Waals surface area contributed by atoms with Crippen LogP contribution in [-0.2, 0) is 6.54 Å². The van der Waals surface area contributed by atoms with E-state index >= 15 is 0 Å². The fourth-order valence-electron chi connectivity index (χ4n) is 3.47. The highest BCUT2D eigenvalue weighted by Gasteiger charge is 2.18. The Labute approximate surface area is 161 Å². The number of fused-ring (bicyclic) bond motifs is 2. The number of thiophene rings is 1. The van der Waals surface area contributed by atoms with Crippen molar-refractivity contribution < 1.29 is 4.79 Å². The van der Waals surface area contributed by atoms with Crippen LogP contribution >= 0.6 is 11.3 Å². The van der Waals surface area contributed by atoms with Crippen LogP contribution in [0.4, 0.5) is 5.00 Å². The molecular formula is C21H21N3O2S. The number of rotatable bonds is 2. The number of carbonyl (C=O) groups excluding carboxylic acids is 1. The van der Waals surface area contributed by atoms with Crippen LogP contribution in [0.5, 0.6) is 0 Å². The lowest BCUT2D eigenvalue weighted by Crippen LogP contribution is -2.24. The molecule has 0 fully saturated rings. The molecule has 0 aliphatic carbocycles. The Hall–Kier alpha value is -2.73. The molecule has 0 radical (unpaired) electrons. The molecule has 1 amide bonds. The molecule has 0 bridgehead atoms. The minimum Gasteiger partial charge on any atom is -0.314 e. The van der Waals surface area contributed by atoms with Gasteiger partial charge in [0.05, 0.1) is 15.9 Å². The van der Waals surface area contributed by atoms with Crippen molar-refractivity contribution in [2.45, 2.75) is 39.7 Å². The summed E-state index contributed by atoms with van der Waals surface area (Å²) in [7, 11) is 0. The van der Waals surface area contributed by atoms with E-state index in [0.717, 1.165) is 40.5 Å². The SMILES string of the molecule is C/C=C1\CCCCn2c1nc1cc(C(=O)Nc3ccc(C)s3)ccc1c2=O. The van der Waals surface area contributed by atoms with Crippen molar-refractivity contribution in [2.24, 2.45) is 0 Å². The number of hydrogen-bond acceptors (Lipinski definition) is 4. The molecule has 1 aliphatic rings. The van der Waals surface area contributed by atoms with Gasteiger partial charge in [-0.15, -0.1) is 11.3 Å². The second-order valence-corrected chi connectivity index (χ2v) is 8.05. The first-order chi connectivity index (χ1) is 13.1. The van der Waals surface area contributed by atoms with Gasteiger partial charge in [-0.1, -0.05) is 6.08 Å². The number of anilines is 1. The summed E-state index contributed by atoms with van der Waals surface area (Å²) < 4.78 is 1.78. The summed E-state index contributed by atoms with van der Waals surface area (Å²) in [6, 6.07) is 8.98. The van der Waals surface area contributed by atoms with Crippen molar-refractivity contribution in [3.63, 3.8) is 0 Å². The van der Waals surface area contributed by atoms with Crippen molar-refractivity contribution in [3.8, 4) is 0 Å². The molecule has 1 aromatic carbocycles. The fourth-order valence-corrected chi connectivity index (χ4v) is 4.23. The molecule has 27 heavy (non-hydrogen) atoms. The predicted octanol–water partition coefficient (Wildman–Crippen LogP) is 4.61. The molecule has 3 heterocycles. The Morgan fingerprint density at radius 1 is 1.26 bits per heavy atom. The third-order valence-electron chi connectivity index (χ3n) is 4.91. The standard InChI is InChI=1S/C21H21N3O2S/c1-3-14-6-4-5-11-24-19(14)22-17-12-15(8-9-16(17)21(24)26)20(25)23-18-10-7-13(2)27-18/h3,7-10,12H,4-6,11H2,1-2H3,(H,23,25)/b14-3+. The molecule has 1 N–H and O–H groups in total. The van der Waals surface area contributed by atoms with Crippen LogP contribution in [0.15, 0.2) is 41.2 Å². The van der Waals surface area contributed by atoms with Crippen molar-refractivity contribution in [2.75, 3.05) is 5.32 Å². The van der Waals surface area contributed by atoms with E-state index in [0.29, 0.717) is 23.0 Å². The number of aromatic nitrogens is 2. The number of carbonyl (C=O) groups is 1. The van der Waals surface area contributed by atoms with Gasteiger partial charge in [-0.05, 0) is 69.0 Å². The lowest BCUT2D eigenvalue weighted by molar-refractivity contribution is 0.102. The van der Waals surface area contributed by atoms with E-state index in [-0.39, 0.29) is 11.5 Å². The van der Waals surface area contributed by atoms with Gasteiger partial charge in [-0.25, -0.2) is 4.98 Å². The molecule has 6 heteroatoms. The normalized spacial score (nSPS) is 15.6. The molecule has 2 aromatic heterocycles. The third-order valence-corrected chi connectivity index (χ3v) is 5.82. The maximum absolute atomic E-state index is 13.0. The maximum Gasteiger partial charge on any atom is 0.261 e. The predicted molar refractivity (Wildman–Crippen MR) is 111 cm³/mol. The highest BCUT2D eigenvalue weighted by Crippen LogP contribution is 2.25. The number of amides is 1. The van der Waals surface area contributed by atoms with E-state index in [9.17, 15) is 9.59 Å². The lowest BCUT2D eigenvalue weighted by Gasteiger charge is -2.12. The summed E-state index contributed by atoms with van der Waals surface area (Å²) >= 11 is 1.53. The summed E-state index contributed by atoms with van der Waals surface area (Å²) in [4.78, 5) is 31.4. The molecular weight excluding hydrogens is 358 g/mol. The summed E-state index contributed by atoms with van der Waals surface area (Å²) in [5, 5.41) is 4.27. The van der Waals surface area contributed by atoms with Gasteiger partial charge in [0.15, 0.2) is 0 Å². The Morgan fingerprint density at radius 2 is 2.11 bits per heavy atom. The number of allylic oxidation sites excluding steroid dienone is 2. The Morgan fingerprint density at radius 3 is 2.85 bits per heavy atom. The molecule has 0 spiro atoms. The summed E-state index contributed by atoms with van der Waals surface area (Å²) in [6.07, 6.45) is 4.97. The van der Waals surface area contributed by atoms with Crippen molar-refractivity contribution in [3.05, 3.63) is 63.0 Å². The average molecular weight is 379 g/mol. The first-order valence-electron chi connectivity index (χ1n) is 9.15. The van der Waals surface area contributed by atoms with Gasteiger partial charge in [0, 0.05) is 17.0 Å². The van der Waals surface area contributed by atoms with E-state index < -0.39 is 0 Å². The van der Waals surface area contributed by atoms with Gasteiger partial charge in [0.25, 0.3) is 11.5 Å². The van der Waals surface area contributed by atoms with Crippen LogP contribution in [0, 0.1) is 6.92 Å². The Bertz CT molecular complexity index is 1120. The summed E-state index contributed by atoms with van der Waals surface area (Å²) in [5.74, 6) is 0.542. The second kappa shape index (κ2) is 7.12. The van der Waals surface area contributed by atoms with E-state index in [1.165, 1.54) is 11.3 Å². The third kappa shape index (κ3) is 3.32. The summed E-state index contributed by atoms with van der Waals surface area (Å²) in [6.45, 7) is 4.67. The van der Waals surface area contributed by atoms with Crippen LogP contribution in [0.25, 0.3) is 16.5 Å². The molecule has 0 saturated heterocycles. The molecule has 0 saturated carbocycles. The van der Waals surface area contributed by atoms with Gasteiger partial charge >= 0.3 is 0 Å². The molecule has 0 unspecified atom stereocenters.